The molecule has 0 spiro atoms. The molecule has 2 aromatic heterocycles. The number of aryl methyl sites for hydroxylation is 2. The molecule has 3 rings (SSSR count). The molecule has 0 bridgehead atoms. The Kier molecular flexibility index (Phi) is 3.50. The minimum Gasteiger partial charge on any atom is -0.452 e. The third kappa shape index (κ3) is 2.62. The van der Waals surface area contributed by atoms with Gasteiger partial charge >= 0.3 is 0 Å². The second-order valence-electron chi connectivity index (χ2n) is 4.78. The number of hydrogen-bond acceptors (Lipinski definition) is 3. The smallest absolute Gasteiger partial charge is 0.264 e. The number of carbonyl (C=O) groups excluding carboxylic acids is 1. The van der Waals surface area contributed by atoms with E-state index in [0.717, 1.165) is 23.5 Å². The van der Waals surface area contributed by atoms with Crippen LogP contribution >= 0.6 is 27.3 Å². The van der Waals surface area contributed by atoms with Crippen molar-refractivity contribution in [3.8, 4) is 0 Å². The lowest BCUT2D eigenvalue weighted by Gasteiger charge is -2.14. The molecule has 2 aromatic rings. The number of halogens is 1. The summed E-state index contributed by atoms with van der Waals surface area (Å²) in [5.74, 6) is 0.860. The number of carbonyl (C=O) groups is 1. The topological polar surface area (TPSA) is 33.5 Å². The van der Waals surface area contributed by atoms with Crippen LogP contribution in [0, 0.1) is 0 Å². The number of amides is 1. The zero-order chi connectivity index (χ0) is 13.4. The SMILES string of the molecule is CN(Cc1ccc(Br)o1)C(=O)c1cc2c(s1)CCC2. The van der Waals surface area contributed by atoms with Crippen LogP contribution in [0.4, 0.5) is 0 Å². The van der Waals surface area contributed by atoms with Crippen LogP contribution < -0.4 is 0 Å². The van der Waals surface area contributed by atoms with Crippen molar-refractivity contribution in [1.29, 1.82) is 0 Å². The highest BCUT2D eigenvalue weighted by Crippen LogP contribution is 2.31. The van der Waals surface area contributed by atoms with Gasteiger partial charge in [-0.2, -0.15) is 0 Å². The summed E-state index contributed by atoms with van der Waals surface area (Å²) in [7, 11) is 1.81. The first-order valence-corrected chi connectivity index (χ1v) is 7.85. The molecule has 0 unspecified atom stereocenters. The molecule has 0 saturated heterocycles. The standard InChI is InChI=1S/C14H14BrNO2S/c1-16(8-10-5-6-13(15)18-10)14(17)12-7-9-3-2-4-11(9)19-12/h5-7H,2-4,8H2,1H3. The van der Waals surface area contributed by atoms with E-state index in [4.69, 9.17) is 4.42 Å². The molecule has 2 heterocycles. The van der Waals surface area contributed by atoms with Crippen molar-refractivity contribution in [2.45, 2.75) is 25.8 Å². The maximum atomic E-state index is 12.3. The van der Waals surface area contributed by atoms with Gasteiger partial charge in [0.1, 0.15) is 5.76 Å². The molecule has 0 radical (unpaired) electrons. The molecular formula is C14H14BrNO2S. The van der Waals surface area contributed by atoms with Crippen LogP contribution in [-0.2, 0) is 19.4 Å². The Hall–Kier alpha value is -1.07. The molecule has 0 atom stereocenters. The average Bonchev–Trinajstić information content (AvgIpc) is 3.03. The first kappa shape index (κ1) is 12.9. The van der Waals surface area contributed by atoms with Crippen molar-refractivity contribution in [2.24, 2.45) is 0 Å². The largest absolute Gasteiger partial charge is 0.452 e. The minimum atomic E-state index is 0.0759. The van der Waals surface area contributed by atoms with Crippen molar-refractivity contribution in [3.63, 3.8) is 0 Å². The van der Waals surface area contributed by atoms with Crippen molar-refractivity contribution < 1.29 is 9.21 Å². The lowest BCUT2D eigenvalue weighted by Crippen LogP contribution is -2.25. The second-order valence-corrected chi connectivity index (χ2v) is 6.70. The second kappa shape index (κ2) is 5.13. The highest BCUT2D eigenvalue weighted by molar-refractivity contribution is 9.10. The first-order chi connectivity index (χ1) is 9.13. The number of hydrogen-bond donors (Lipinski definition) is 0. The number of rotatable bonds is 3. The van der Waals surface area contributed by atoms with Crippen LogP contribution in [-0.4, -0.2) is 17.9 Å². The van der Waals surface area contributed by atoms with Gasteiger partial charge in [0.15, 0.2) is 4.67 Å². The Morgan fingerprint density at radius 3 is 3.00 bits per heavy atom. The molecule has 100 valence electrons. The van der Waals surface area contributed by atoms with Gasteiger partial charge < -0.3 is 9.32 Å². The van der Waals surface area contributed by atoms with Crippen LogP contribution in [0.3, 0.4) is 0 Å². The summed E-state index contributed by atoms with van der Waals surface area (Å²) < 4.78 is 6.12. The molecule has 0 N–H and O–H groups in total. The minimum absolute atomic E-state index is 0.0759. The molecule has 1 aliphatic rings. The monoisotopic (exact) mass is 339 g/mol. The molecule has 0 aromatic carbocycles. The van der Waals surface area contributed by atoms with Crippen LogP contribution in [0.5, 0.6) is 0 Å². The highest BCUT2D eigenvalue weighted by Gasteiger charge is 2.21. The average molecular weight is 340 g/mol. The Morgan fingerprint density at radius 1 is 1.47 bits per heavy atom. The Bertz CT molecular complexity index is 595. The van der Waals surface area contributed by atoms with E-state index < -0.39 is 0 Å². The third-order valence-corrected chi connectivity index (χ3v) is 4.98. The predicted molar refractivity (Wildman–Crippen MR) is 78.5 cm³/mol. The fraction of sp³-hybridized carbons (Fsp3) is 0.357. The maximum Gasteiger partial charge on any atom is 0.264 e. The van der Waals surface area contributed by atoms with Gasteiger partial charge in [-0.25, -0.2) is 0 Å². The van der Waals surface area contributed by atoms with Gasteiger partial charge in [-0.3, -0.25) is 4.79 Å². The Labute approximate surface area is 124 Å². The first-order valence-electron chi connectivity index (χ1n) is 6.25. The van der Waals surface area contributed by atoms with Crippen LogP contribution in [0.15, 0.2) is 27.3 Å². The maximum absolute atomic E-state index is 12.3. The molecule has 5 heteroatoms. The Balaban J connectivity index is 1.72. The number of thiophene rings is 1. The van der Waals surface area contributed by atoms with E-state index in [2.05, 4.69) is 22.0 Å². The zero-order valence-electron chi connectivity index (χ0n) is 10.6. The summed E-state index contributed by atoms with van der Waals surface area (Å²) in [6, 6.07) is 5.78. The number of nitrogens with zero attached hydrogens (tertiary/aromatic N) is 1. The van der Waals surface area contributed by atoms with E-state index in [1.165, 1.54) is 16.9 Å². The van der Waals surface area contributed by atoms with Gasteiger partial charge in [-0.15, -0.1) is 11.3 Å². The van der Waals surface area contributed by atoms with E-state index in [0.29, 0.717) is 11.2 Å². The summed E-state index contributed by atoms with van der Waals surface area (Å²) in [6.07, 6.45) is 3.47. The van der Waals surface area contributed by atoms with Crippen molar-refractivity contribution in [3.05, 3.63) is 43.9 Å². The van der Waals surface area contributed by atoms with Gasteiger partial charge in [0.2, 0.25) is 0 Å². The summed E-state index contributed by atoms with van der Waals surface area (Å²) in [6.45, 7) is 0.493. The molecule has 19 heavy (non-hydrogen) atoms. The Morgan fingerprint density at radius 2 is 2.32 bits per heavy atom. The quantitative estimate of drug-likeness (QED) is 0.850. The van der Waals surface area contributed by atoms with Gasteiger partial charge in [-0.1, -0.05) is 0 Å². The van der Waals surface area contributed by atoms with E-state index in [1.807, 2.05) is 19.2 Å². The lowest BCUT2D eigenvalue weighted by molar-refractivity contribution is 0.0779. The van der Waals surface area contributed by atoms with E-state index >= 15 is 0 Å². The van der Waals surface area contributed by atoms with Crippen LogP contribution in [0.1, 0.15) is 32.3 Å². The fourth-order valence-electron chi connectivity index (χ4n) is 2.36. The van der Waals surface area contributed by atoms with Gasteiger partial charge in [-0.05, 0) is 59.0 Å². The molecule has 1 aliphatic carbocycles. The third-order valence-electron chi connectivity index (χ3n) is 3.33. The normalized spacial score (nSPS) is 13.6. The molecule has 0 fully saturated rings. The van der Waals surface area contributed by atoms with Crippen molar-refractivity contribution >= 4 is 33.2 Å². The molecule has 0 saturated carbocycles. The van der Waals surface area contributed by atoms with Gasteiger partial charge in [0.25, 0.3) is 5.91 Å². The molecular weight excluding hydrogens is 326 g/mol. The summed E-state index contributed by atoms with van der Waals surface area (Å²) in [4.78, 5) is 16.3. The van der Waals surface area contributed by atoms with Gasteiger partial charge in [0.05, 0.1) is 11.4 Å². The predicted octanol–water partition coefficient (Wildman–Crippen LogP) is 3.86. The van der Waals surface area contributed by atoms with Crippen molar-refractivity contribution in [2.75, 3.05) is 7.05 Å². The van der Waals surface area contributed by atoms with E-state index in [9.17, 15) is 4.79 Å². The lowest BCUT2D eigenvalue weighted by atomic mass is 10.2. The van der Waals surface area contributed by atoms with Gasteiger partial charge in [0, 0.05) is 11.9 Å². The molecule has 3 nitrogen and oxygen atoms in total. The molecule has 0 aliphatic heterocycles. The number of furan rings is 1. The van der Waals surface area contributed by atoms with E-state index in [1.54, 1.807) is 16.2 Å². The summed E-state index contributed by atoms with van der Waals surface area (Å²) in [5.41, 5.74) is 1.36. The fourth-order valence-corrected chi connectivity index (χ4v) is 3.95. The molecule has 1 amide bonds. The summed E-state index contributed by atoms with van der Waals surface area (Å²) >= 11 is 4.91. The van der Waals surface area contributed by atoms with Crippen LogP contribution in [0.25, 0.3) is 0 Å². The van der Waals surface area contributed by atoms with Crippen molar-refractivity contribution in [1.82, 2.24) is 4.90 Å². The zero-order valence-corrected chi connectivity index (χ0v) is 13.0. The highest BCUT2D eigenvalue weighted by atomic mass is 79.9. The number of fused-ring (bicyclic) bond motifs is 1. The van der Waals surface area contributed by atoms with Crippen LogP contribution in [0.2, 0.25) is 0 Å². The summed E-state index contributed by atoms with van der Waals surface area (Å²) in [5, 5.41) is 0. The van der Waals surface area contributed by atoms with E-state index in [-0.39, 0.29) is 5.91 Å².